The molecule has 2 N–H and O–H groups in total. The van der Waals surface area contributed by atoms with E-state index in [2.05, 4.69) is 9.97 Å². The predicted octanol–water partition coefficient (Wildman–Crippen LogP) is 2.66. The van der Waals surface area contributed by atoms with Crippen molar-refractivity contribution in [3.05, 3.63) is 42.1 Å². The number of aromatic nitrogens is 2. The molecule has 16 heavy (non-hydrogen) atoms. The molecule has 0 aliphatic rings. The summed E-state index contributed by atoms with van der Waals surface area (Å²) in [6.07, 6.45) is -2.65. The molecule has 82 valence electrons. The quantitative estimate of drug-likeness (QED) is 0.848. The fourth-order valence-corrected chi connectivity index (χ4v) is 1.35. The van der Waals surface area contributed by atoms with Gasteiger partial charge in [0, 0.05) is 5.56 Å². The molecule has 1 aromatic heterocycles. The third-order valence-electron chi connectivity index (χ3n) is 2.06. The summed E-state index contributed by atoms with van der Waals surface area (Å²) in [7, 11) is 0. The lowest BCUT2D eigenvalue weighted by atomic mass is 10.1. The van der Waals surface area contributed by atoms with Gasteiger partial charge in [-0.15, -0.1) is 0 Å². The molecule has 3 nitrogen and oxygen atoms in total. The number of halogens is 2. The van der Waals surface area contributed by atoms with E-state index in [0.29, 0.717) is 5.69 Å². The van der Waals surface area contributed by atoms with Crippen LogP contribution in [0.1, 0.15) is 12.1 Å². The summed E-state index contributed by atoms with van der Waals surface area (Å²) in [5.74, 6) is -0.142. The number of benzene rings is 1. The minimum absolute atomic E-state index is 0.142. The van der Waals surface area contributed by atoms with E-state index in [-0.39, 0.29) is 11.6 Å². The zero-order valence-corrected chi connectivity index (χ0v) is 8.27. The number of anilines is 1. The van der Waals surface area contributed by atoms with Crippen LogP contribution in [0.3, 0.4) is 0 Å². The number of alkyl halides is 2. The minimum atomic E-state index is -2.65. The summed E-state index contributed by atoms with van der Waals surface area (Å²) in [6.45, 7) is 0. The third-order valence-corrected chi connectivity index (χ3v) is 2.06. The van der Waals surface area contributed by atoms with Crippen molar-refractivity contribution in [3.63, 3.8) is 0 Å². The number of rotatable bonds is 2. The van der Waals surface area contributed by atoms with Crippen molar-refractivity contribution >= 4 is 5.95 Å². The maximum atomic E-state index is 12.5. The van der Waals surface area contributed by atoms with Gasteiger partial charge in [0.2, 0.25) is 5.95 Å². The van der Waals surface area contributed by atoms with Gasteiger partial charge in [-0.25, -0.2) is 18.7 Å². The molecule has 0 aliphatic heterocycles. The lowest BCUT2D eigenvalue weighted by molar-refractivity contribution is 0.146. The molecular weight excluding hydrogens is 212 g/mol. The standard InChI is InChI=1S/C11H9F2N3/c12-10(13)9-6-8(15-11(14)16-9)7-4-2-1-3-5-7/h1-6,10H,(H2,14,15,16). The number of hydrogen-bond donors (Lipinski definition) is 1. The summed E-state index contributed by atoms with van der Waals surface area (Å²) in [5, 5.41) is 0. The Morgan fingerprint density at radius 2 is 1.75 bits per heavy atom. The zero-order valence-electron chi connectivity index (χ0n) is 8.27. The minimum Gasteiger partial charge on any atom is -0.368 e. The molecule has 5 heteroatoms. The molecule has 0 aliphatic carbocycles. The Morgan fingerprint density at radius 3 is 2.38 bits per heavy atom. The number of nitrogens with zero attached hydrogens (tertiary/aromatic N) is 2. The molecule has 0 unspecified atom stereocenters. The number of hydrogen-bond acceptors (Lipinski definition) is 3. The predicted molar refractivity (Wildman–Crippen MR) is 56.8 cm³/mol. The van der Waals surface area contributed by atoms with Crippen LogP contribution in [0.4, 0.5) is 14.7 Å². The lowest BCUT2D eigenvalue weighted by Gasteiger charge is -2.04. The van der Waals surface area contributed by atoms with Crippen LogP contribution in [0.5, 0.6) is 0 Å². The highest BCUT2D eigenvalue weighted by Gasteiger charge is 2.12. The largest absolute Gasteiger partial charge is 0.368 e. The normalized spacial score (nSPS) is 10.7. The van der Waals surface area contributed by atoms with Crippen LogP contribution in [-0.2, 0) is 0 Å². The summed E-state index contributed by atoms with van der Waals surface area (Å²) in [5.41, 5.74) is 6.16. The maximum Gasteiger partial charge on any atom is 0.280 e. The molecule has 0 saturated carbocycles. The van der Waals surface area contributed by atoms with Gasteiger partial charge >= 0.3 is 0 Å². The fourth-order valence-electron chi connectivity index (χ4n) is 1.35. The smallest absolute Gasteiger partial charge is 0.280 e. The Kier molecular flexibility index (Phi) is 2.76. The summed E-state index contributed by atoms with van der Waals surface area (Å²) < 4.78 is 25.0. The van der Waals surface area contributed by atoms with E-state index in [4.69, 9.17) is 5.73 Å². The number of nitrogen functional groups attached to an aromatic ring is 1. The van der Waals surface area contributed by atoms with Crippen molar-refractivity contribution in [2.75, 3.05) is 5.73 Å². The highest BCUT2D eigenvalue weighted by molar-refractivity contribution is 5.60. The Balaban J connectivity index is 2.50. The Labute approximate surface area is 91.0 Å². The van der Waals surface area contributed by atoms with Crippen LogP contribution < -0.4 is 5.73 Å². The topological polar surface area (TPSA) is 51.8 Å². The third kappa shape index (κ3) is 2.13. The van der Waals surface area contributed by atoms with Gasteiger partial charge in [0.05, 0.1) is 5.69 Å². The zero-order chi connectivity index (χ0) is 11.5. The van der Waals surface area contributed by atoms with Crippen LogP contribution in [0.15, 0.2) is 36.4 Å². The van der Waals surface area contributed by atoms with Crippen molar-refractivity contribution < 1.29 is 8.78 Å². The Hall–Kier alpha value is -2.04. The molecule has 0 spiro atoms. The van der Waals surface area contributed by atoms with Gasteiger partial charge in [0.1, 0.15) is 5.69 Å². The monoisotopic (exact) mass is 221 g/mol. The van der Waals surface area contributed by atoms with Crippen LogP contribution in [-0.4, -0.2) is 9.97 Å². The van der Waals surface area contributed by atoms with E-state index in [0.717, 1.165) is 5.56 Å². The van der Waals surface area contributed by atoms with Crippen LogP contribution >= 0.6 is 0 Å². The molecule has 0 amide bonds. The maximum absolute atomic E-state index is 12.5. The first kappa shape index (κ1) is 10.5. The van der Waals surface area contributed by atoms with Gasteiger partial charge in [0.15, 0.2) is 0 Å². The van der Waals surface area contributed by atoms with Crippen LogP contribution in [0.25, 0.3) is 11.3 Å². The second-order valence-corrected chi connectivity index (χ2v) is 3.20. The molecule has 1 heterocycles. The second-order valence-electron chi connectivity index (χ2n) is 3.20. The Bertz CT molecular complexity index is 486. The first-order chi connectivity index (χ1) is 7.66. The van der Waals surface area contributed by atoms with E-state index in [1.54, 1.807) is 24.3 Å². The van der Waals surface area contributed by atoms with Crippen LogP contribution in [0, 0.1) is 0 Å². The van der Waals surface area contributed by atoms with E-state index >= 15 is 0 Å². The molecule has 2 aromatic rings. The van der Waals surface area contributed by atoms with E-state index in [1.165, 1.54) is 6.07 Å². The highest BCUT2D eigenvalue weighted by atomic mass is 19.3. The summed E-state index contributed by atoms with van der Waals surface area (Å²) in [4.78, 5) is 7.40. The van der Waals surface area contributed by atoms with Crippen molar-refractivity contribution in [1.82, 2.24) is 9.97 Å². The molecule has 1 aromatic carbocycles. The van der Waals surface area contributed by atoms with Crippen LogP contribution in [0.2, 0.25) is 0 Å². The van der Waals surface area contributed by atoms with E-state index < -0.39 is 6.43 Å². The Morgan fingerprint density at radius 1 is 1.06 bits per heavy atom. The first-order valence-corrected chi connectivity index (χ1v) is 4.65. The second kappa shape index (κ2) is 4.22. The van der Waals surface area contributed by atoms with Crippen molar-refractivity contribution in [2.45, 2.75) is 6.43 Å². The van der Waals surface area contributed by atoms with Gasteiger partial charge in [0.25, 0.3) is 6.43 Å². The molecular formula is C11H9F2N3. The van der Waals surface area contributed by atoms with E-state index in [9.17, 15) is 8.78 Å². The number of nitrogens with two attached hydrogens (primary N) is 1. The lowest BCUT2D eigenvalue weighted by Crippen LogP contribution is -2.01. The van der Waals surface area contributed by atoms with Crippen molar-refractivity contribution in [2.24, 2.45) is 0 Å². The molecule has 0 radical (unpaired) electrons. The van der Waals surface area contributed by atoms with Gasteiger partial charge in [-0.3, -0.25) is 0 Å². The fraction of sp³-hybridized carbons (Fsp3) is 0.0909. The average molecular weight is 221 g/mol. The van der Waals surface area contributed by atoms with Gasteiger partial charge in [-0.05, 0) is 6.07 Å². The summed E-state index contributed by atoms with van der Waals surface area (Å²) >= 11 is 0. The molecule has 0 atom stereocenters. The van der Waals surface area contributed by atoms with Gasteiger partial charge in [-0.2, -0.15) is 0 Å². The van der Waals surface area contributed by atoms with E-state index in [1.807, 2.05) is 6.07 Å². The highest BCUT2D eigenvalue weighted by Crippen LogP contribution is 2.23. The molecule has 2 rings (SSSR count). The summed E-state index contributed by atoms with van der Waals surface area (Å²) in [6, 6.07) is 10.2. The van der Waals surface area contributed by atoms with Crippen molar-refractivity contribution in [1.29, 1.82) is 0 Å². The molecule has 0 fully saturated rings. The SMILES string of the molecule is Nc1nc(-c2ccccc2)cc(C(F)F)n1. The van der Waals surface area contributed by atoms with Gasteiger partial charge in [-0.1, -0.05) is 30.3 Å². The average Bonchev–Trinajstić information content (AvgIpc) is 2.29. The van der Waals surface area contributed by atoms with Gasteiger partial charge < -0.3 is 5.73 Å². The molecule has 0 saturated heterocycles. The molecule has 0 bridgehead atoms. The first-order valence-electron chi connectivity index (χ1n) is 4.65. The van der Waals surface area contributed by atoms with Crippen molar-refractivity contribution in [3.8, 4) is 11.3 Å².